The standard InChI is InChI=1S/C17H26N2/c1-13-4-3-5-14(2)19(13)11-9-15-6-7-17-16(12-15)8-10-18-17/h6-7,12-14,18H,3-5,8-11H2,1-2H3. The molecular formula is C17H26N2. The summed E-state index contributed by atoms with van der Waals surface area (Å²) in [4.78, 5) is 2.70. The van der Waals surface area contributed by atoms with Crippen LogP contribution in [0.2, 0.25) is 0 Å². The smallest absolute Gasteiger partial charge is 0.0373 e. The molecule has 2 aliphatic rings. The Hall–Kier alpha value is -1.02. The maximum absolute atomic E-state index is 3.44. The molecule has 1 aromatic rings. The first-order valence-electron chi connectivity index (χ1n) is 7.85. The van der Waals surface area contributed by atoms with Crippen molar-refractivity contribution in [3.63, 3.8) is 0 Å². The predicted octanol–water partition coefficient (Wildman–Crippen LogP) is 3.46. The number of nitrogens with one attached hydrogen (secondary N) is 1. The number of nitrogens with zero attached hydrogens (tertiary/aromatic N) is 1. The van der Waals surface area contributed by atoms with Crippen LogP contribution < -0.4 is 5.32 Å². The van der Waals surface area contributed by atoms with Crippen molar-refractivity contribution in [2.24, 2.45) is 0 Å². The van der Waals surface area contributed by atoms with E-state index in [1.807, 2.05) is 0 Å². The normalized spacial score (nSPS) is 27.1. The van der Waals surface area contributed by atoms with E-state index in [0.717, 1.165) is 18.6 Å². The Morgan fingerprint density at radius 2 is 2.00 bits per heavy atom. The first kappa shape index (κ1) is 13.0. The van der Waals surface area contributed by atoms with E-state index in [4.69, 9.17) is 0 Å². The van der Waals surface area contributed by atoms with Crippen molar-refractivity contribution in [1.82, 2.24) is 4.90 Å². The molecule has 1 aromatic carbocycles. The summed E-state index contributed by atoms with van der Waals surface area (Å²) in [7, 11) is 0. The Bertz CT molecular complexity index is 431. The molecular weight excluding hydrogens is 232 g/mol. The number of piperidine rings is 1. The summed E-state index contributed by atoms with van der Waals surface area (Å²) >= 11 is 0. The number of benzene rings is 1. The molecule has 0 bridgehead atoms. The molecule has 1 N–H and O–H groups in total. The number of likely N-dealkylation sites (tertiary alicyclic amines) is 1. The fourth-order valence-electron chi connectivity index (χ4n) is 3.69. The first-order chi connectivity index (χ1) is 9.24. The van der Waals surface area contributed by atoms with Crippen LogP contribution in [0.4, 0.5) is 5.69 Å². The lowest BCUT2D eigenvalue weighted by atomic mass is 9.96. The van der Waals surface area contributed by atoms with E-state index in [0.29, 0.717) is 0 Å². The summed E-state index contributed by atoms with van der Waals surface area (Å²) in [5.74, 6) is 0. The number of rotatable bonds is 3. The molecule has 2 heteroatoms. The van der Waals surface area contributed by atoms with Crippen LogP contribution in [0.3, 0.4) is 0 Å². The number of hydrogen-bond donors (Lipinski definition) is 1. The van der Waals surface area contributed by atoms with Crippen LogP contribution in [0.5, 0.6) is 0 Å². The SMILES string of the molecule is CC1CCCC(C)N1CCc1ccc2c(c1)CCN2. The van der Waals surface area contributed by atoms with E-state index < -0.39 is 0 Å². The van der Waals surface area contributed by atoms with Crippen LogP contribution >= 0.6 is 0 Å². The zero-order chi connectivity index (χ0) is 13.2. The Morgan fingerprint density at radius 3 is 2.79 bits per heavy atom. The molecule has 19 heavy (non-hydrogen) atoms. The lowest BCUT2D eigenvalue weighted by Gasteiger charge is -2.39. The third-order valence-corrected chi connectivity index (χ3v) is 4.91. The van der Waals surface area contributed by atoms with Crippen molar-refractivity contribution in [3.05, 3.63) is 29.3 Å². The van der Waals surface area contributed by atoms with Gasteiger partial charge in [-0.25, -0.2) is 0 Å². The fraction of sp³-hybridized carbons (Fsp3) is 0.647. The van der Waals surface area contributed by atoms with Gasteiger partial charge in [-0.05, 0) is 56.7 Å². The molecule has 0 spiro atoms. The highest BCUT2D eigenvalue weighted by Crippen LogP contribution is 2.25. The van der Waals surface area contributed by atoms with Crippen molar-refractivity contribution in [1.29, 1.82) is 0 Å². The molecule has 0 aromatic heterocycles. The zero-order valence-corrected chi connectivity index (χ0v) is 12.3. The molecule has 0 saturated carbocycles. The van der Waals surface area contributed by atoms with Crippen LogP contribution in [0.1, 0.15) is 44.2 Å². The highest BCUT2D eigenvalue weighted by Gasteiger charge is 2.24. The highest BCUT2D eigenvalue weighted by atomic mass is 15.2. The minimum atomic E-state index is 0.764. The van der Waals surface area contributed by atoms with Crippen molar-refractivity contribution in [3.8, 4) is 0 Å². The summed E-state index contributed by atoms with van der Waals surface area (Å²) in [6.07, 6.45) is 6.54. The highest BCUT2D eigenvalue weighted by molar-refractivity contribution is 5.56. The van der Waals surface area contributed by atoms with Gasteiger partial charge in [0.2, 0.25) is 0 Å². The molecule has 0 aliphatic carbocycles. The average molecular weight is 258 g/mol. The lowest BCUT2D eigenvalue weighted by Crippen LogP contribution is -2.44. The van der Waals surface area contributed by atoms with E-state index in [1.54, 1.807) is 0 Å². The van der Waals surface area contributed by atoms with Crippen molar-refractivity contribution in [2.75, 3.05) is 18.4 Å². The number of anilines is 1. The Balaban J connectivity index is 1.62. The second-order valence-corrected chi connectivity index (χ2v) is 6.29. The van der Waals surface area contributed by atoms with E-state index >= 15 is 0 Å². The summed E-state index contributed by atoms with van der Waals surface area (Å²) in [5.41, 5.74) is 4.37. The monoisotopic (exact) mass is 258 g/mol. The molecule has 104 valence electrons. The molecule has 1 fully saturated rings. The summed E-state index contributed by atoms with van der Waals surface area (Å²) in [5, 5.41) is 3.44. The Labute approximate surface area is 117 Å². The maximum Gasteiger partial charge on any atom is 0.0373 e. The van der Waals surface area contributed by atoms with Crippen molar-refractivity contribution >= 4 is 5.69 Å². The van der Waals surface area contributed by atoms with Gasteiger partial charge in [0.15, 0.2) is 0 Å². The predicted molar refractivity (Wildman–Crippen MR) is 81.8 cm³/mol. The molecule has 2 nitrogen and oxygen atoms in total. The largest absolute Gasteiger partial charge is 0.384 e. The van der Waals surface area contributed by atoms with E-state index in [-0.39, 0.29) is 0 Å². The van der Waals surface area contributed by atoms with Gasteiger partial charge in [0.1, 0.15) is 0 Å². The minimum absolute atomic E-state index is 0.764. The molecule has 0 amide bonds. The average Bonchev–Trinajstić information content (AvgIpc) is 2.85. The maximum atomic E-state index is 3.44. The van der Waals surface area contributed by atoms with Gasteiger partial charge in [-0.3, -0.25) is 4.90 Å². The van der Waals surface area contributed by atoms with E-state index in [1.165, 1.54) is 55.5 Å². The minimum Gasteiger partial charge on any atom is -0.384 e. The van der Waals surface area contributed by atoms with Gasteiger partial charge < -0.3 is 5.32 Å². The first-order valence-corrected chi connectivity index (χ1v) is 7.85. The Kier molecular flexibility index (Phi) is 3.79. The van der Waals surface area contributed by atoms with Crippen LogP contribution in [-0.2, 0) is 12.8 Å². The third kappa shape index (κ3) is 2.79. The van der Waals surface area contributed by atoms with Gasteiger partial charge in [0.05, 0.1) is 0 Å². The molecule has 2 unspecified atom stereocenters. The summed E-state index contributed by atoms with van der Waals surface area (Å²) in [6, 6.07) is 8.51. The van der Waals surface area contributed by atoms with Gasteiger partial charge in [-0.2, -0.15) is 0 Å². The fourth-order valence-corrected chi connectivity index (χ4v) is 3.69. The van der Waals surface area contributed by atoms with Gasteiger partial charge in [-0.15, -0.1) is 0 Å². The van der Waals surface area contributed by atoms with Gasteiger partial charge in [-0.1, -0.05) is 18.6 Å². The van der Waals surface area contributed by atoms with E-state index in [2.05, 4.69) is 42.3 Å². The molecule has 2 heterocycles. The van der Waals surface area contributed by atoms with Gasteiger partial charge >= 0.3 is 0 Å². The second-order valence-electron chi connectivity index (χ2n) is 6.29. The zero-order valence-electron chi connectivity index (χ0n) is 12.3. The number of fused-ring (bicyclic) bond motifs is 1. The molecule has 2 aliphatic heterocycles. The lowest BCUT2D eigenvalue weighted by molar-refractivity contribution is 0.105. The number of hydrogen-bond acceptors (Lipinski definition) is 2. The molecule has 1 saturated heterocycles. The van der Waals surface area contributed by atoms with Crippen LogP contribution in [0.25, 0.3) is 0 Å². The topological polar surface area (TPSA) is 15.3 Å². The van der Waals surface area contributed by atoms with E-state index in [9.17, 15) is 0 Å². The Morgan fingerprint density at radius 1 is 1.21 bits per heavy atom. The molecule has 2 atom stereocenters. The summed E-state index contributed by atoms with van der Waals surface area (Å²) < 4.78 is 0. The summed E-state index contributed by atoms with van der Waals surface area (Å²) in [6.45, 7) is 7.11. The third-order valence-electron chi connectivity index (χ3n) is 4.91. The molecule has 0 radical (unpaired) electrons. The van der Waals surface area contributed by atoms with Crippen molar-refractivity contribution in [2.45, 2.75) is 58.0 Å². The van der Waals surface area contributed by atoms with Crippen LogP contribution in [-0.4, -0.2) is 30.1 Å². The van der Waals surface area contributed by atoms with Gasteiger partial charge in [0, 0.05) is 30.9 Å². The van der Waals surface area contributed by atoms with Crippen LogP contribution in [0, 0.1) is 0 Å². The quantitative estimate of drug-likeness (QED) is 0.893. The molecule has 3 rings (SSSR count). The van der Waals surface area contributed by atoms with Crippen LogP contribution in [0.15, 0.2) is 18.2 Å². The van der Waals surface area contributed by atoms with Crippen molar-refractivity contribution < 1.29 is 0 Å². The second kappa shape index (κ2) is 5.54. The van der Waals surface area contributed by atoms with Gasteiger partial charge in [0.25, 0.3) is 0 Å².